The van der Waals surface area contributed by atoms with E-state index >= 15 is 0 Å². The maximum atomic E-state index is 11.8. The molecule has 2 amide bonds. The first-order chi connectivity index (χ1) is 11.6. The molecule has 1 aromatic carbocycles. The lowest BCUT2D eigenvalue weighted by Crippen LogP contribution is -2.18. The number of carbonyl (C=O) groups excluding carboxylic acids is 2. The Bertz CT molecular complexity index is 702. The van der Waals surface area contributed by atoms with E-state index in [1.165, 1.54) is 6.21 Å². The molecule has 1 heterocycles. The fraction of sp³-hybridized carbons (Fsp3) is 0.176. The van der Waals surface area contributed by atoms with Crippen molar-refractivity contribution in [3.8, 4) is 0 Å². The van der Waals surface area contributed by atoms with Crippen LogP contribution < -0.4 is 10.7 Å². The normalized spacial score (nSPS) is 10.5. The SMILES string of the molecule is O=C(CCCC(=O)Nc1ccc(Br)cc1)NN=Cc1cccnc1. The molecule has 0 aliphatic carbocycles. The largest absolute Gasteiger partial charge is 0.326 e. The predicted octanol–water partition coefficient (Wildman–Crippen LogP) is 3.10. The van der Waals surface area contributed by atoms with Crippen molar-refractivity contribution in [1.29, 1.82) is 0 Å². The van der Waals surface area contributed by atoms with Gasteiger partial charge >= 0.3 is 0 Å². The third-order valence-corrected chi connectivity index (χ3v) is 3.55. The third-order valence-electron chi connectivity index (χ3n) is 3.02. The summed E-state index contributed by atoms with van der Waals surface area (Å²) >= 11 is 3.33. The van der Waals surface area contributed by atoms with E-state index in [2.05, 4.69) is 36.8 Å². The van der Waals surface area contributed by atoms with Gasteiger partial charge in [0.15, 0.2) is 0 Å². The van der Waals surface area contributed by atoms with Gasteiger partial charge in [-0.25, -0.2) is 5.43 Å². The molecule has 2 aromatic rings. The Hall–Kier alpha value is -2.54. The number of nitrogens with zero attached hydrogens (tertiary/aromatic N) is 2. The summed E-state index contributed by atoms with van der Waals surface area (Å²) in [6.07, 6.45) is 5.78. The van der Waals surface area contributed by atoms with Crippen molar-refractivity contribution >= 4 is 39.6 Å². The molecule has 24 heavy (non-hydrogen) atoms. The van der Waals surface area contributed by atoms with Crippen LogP contribution in [-0.4, -0.2) is 23.0 Å². The highest BCUT2D eigenvalue weighted by Crippen LogP contribution is 2.14. The van der Waals surface area contributed by atoms with E-state index in [0.29, 0.717) is 6.42 Å². The molecule has 0 spiro atoms. The zero-order valence-electron chi connectivity index (χ0n) is 12.9. The Morgan fingerprint density at radius 1 is 1.12 bits per heavy atom. The second kappa shape index (κ2) is 9.57. The topological polar surface area (TPSA) is 83.5 Å². The quantitative estimate of drug-likeness (QED) is 0.564. The van der Waals surface area contributed by atoms with E-state index in [1.807, 2.05) is 30.3 Å². The number of hydrogen-bond donors (Lipinski definition) is 2. The summed E-state index contributed by atoms with van der Waals surface area (Å²) in [4.78, 5) is 27.4. The van der Waals surface area contributed by atoms with Crippen molar-refractivity contribution in [3.63, 3.8) is 0 Å². The lowest BCUT2D eigenvalue weighted by molar-refractivity contribution is -0.121. The van der Waals surface area contributed by atoms with Gasteiger partial charge in [0.25, 0.3) is 0 Å². The van der Waals surface area contributed by atoms with Crippen LogP contribution in [0.4, 0.5) is 5.69 Å². The summed E-state index contributed by atoms with van der Waals surface area (Å²) in [5.74, 6) is -0.351. The van der Waals surface area contributed by atoms with Gasteiger partial charge in [-0.1, -0.05) is 22.0 Å². The smallest absolute Gasteiger partial charge is 0.240 e. The van der Waals surface area contributed by atoms with E-state index in [0.717, 1.165) is 15.7 Å². The number of amides is 2. The number of anilines is 1. The summed E-state index contributed by atoms with van der Waals surface area (Å²) < 4.78 is 0.948. The van der Waals surface area contributed by atoms with Crippen molar-refractivity contribution in [2.24, 2.45) is 5.10 Å². The predicted molar refractivity (Wildman–Crippen MR) is 96.6 cm³/mol. The average Bonchev–Trinajstić information content (AvgIpc) is 2.58. The summed E-state index contributed by atoms with van der Waals surface area (Å²) in [5, 5.41) is 6.63. The van der Waals surface area contributed by atoms with Crippen LogP contribution in [0.2, 0.25) is 0 Å². The van der Waals surface area contributed by atoms with Crippen LogP contribution >= 0.6 is 15.9 Å². The molecule has 0 radical (unpaired) electrons. The van der Waals surface area contributed by atoms with E-state index in [1.54, 1.807) is 18.5 Å². The number of benzene rings is 1. The lowest BCUT2D eigenvalue weighted by atomic mass is 10.2. The Morgan fingerprint density at radius 3 is 2.58 bits per heavy atom. The monoisotopic (exact) mass is 388 g/mol. The zero-order valence-corrected chi connectivity index (χ0v) is 14.5. The second-order valence-corrected chi connectivity index (χ2v) is 5.90. The Labute approximate surface area is 148 Å². The summed E-state index contributed by atoms with van der Waals surface area (Å²) in [6.45, 7) is 0. The molecule has 1 aromatic heterocycles. The van der Waals surface area contributed by atoms with Gasteiger partial charge in [0.2, 0.25) is 11.8 Å². The van der Waals surface area contributed by atoms with Crippen molar-refractivity contribution < 1.29 is 9.59 Å². The van der Waals surface area contributed by atoms with Gasteiger partial charge in [-0.15, -0.1) is 0 Å². The van der Waals surface area contributed by atoms with Crippen LogP contribution in [0.15, 0.2) is 58.4 Å². The van der Waals surface area contributed by atoms with Crippen molar-refractivity contribution in [3.05, 3.63) is 58.8 Å². The molecule has 0 aliphatic heterocycles. The fourth-order valence-corrected chi connectivity index (χ4v) is 2.12. The first-order valence-corrected chi connectivity index (χ1v) is 8.20. The summed E-state index contributed by atoms with van der Waals surface area (Å²) in [7, 11) is 0. The molecule has 2 N–H and O–H groups in total. The van der Waals surface area contributed by atoms with Gasteiger partial charge in [0.1, 0.15) is 0 Å². The molecule has 0 atom stereocenters. The molecule has 0 fully saturated rings. The zero-order chi connectivity index (χ0) is 17.2. The number of aromatic nitrogens is 1. The highest BCUT2D eigenvalue weighted by molar-refractivity contribution is 9.10. The maximum Gasteiger partial charge on any atom is 0.240 e. The molecule has 2 rings (SSSR count). The third kappa shape index (κ3) is 6.70. The van der Waals surface area contributed by atoms with Crippen LogP contribution in [0.1, 0.15) is 24.8 Å². The minimum absolute atomic E-state index is 0.121. The van der Waals surface area contributed by atoms with Crippen molar-refractivity contribution in [2.75, 3.05) is 5.32 Å². The van der Waals surface area contributed by atoms with Crippen LogP contribution in [0.5, 0.6) is 0 Å². The van der Waals surface area contributed by atoms with Gasteiger partial charge in [-0.05, 0) is 36.8 Å². The Balaban J connectivity index is 1.64. The molecule has 0 saturated carbocycles. The number of hydrogen-bond acceptors (Lipinski definition) is 4. The molecule has 124 valence electrons. The van der Waals surface area contributed by atoms with Gasteiger partial charge in [-0.2, -0.15) is 5.10 Å². The van der Waals surface area contributed by atoms with Crippen molar-refractivity contribution in [2.45, 2.75) is 19.3 Å². The van der Waals surface area contributed by atoms with Gasteiger partial charge in [-0.3, -0.25) is 14.6 Å². The second-order valence-electron chi connectivity index (χ2n) is 4.99. The number of halogens is 1. The molecular formula is C17H17BrN4O2. The number of pyridine rings is 1. The number of rotatable bonds is 7. The molecule has 0 saturated heterocycles. The van der Waals surface area contributed by atoms with Crippen LogP contribution in [0, 0.1) is 0 Å². The summed E-state index contributed by atoms with van der Waals surface area (Å²) in [6, 6.07) is 10.9. The standard InChI is InChI=1S/C17H17BrN4O2/c18-14-6-8-15(9-7-14)21-16(23)4-1-5-17(24)22-20-12-13-3-2-10-19-11-13/h2-3,6-12H,1,4-5H2,(H,21,23)(H,22,24). The molecule has 0 unspecified atom stereocenters. The first-order valence-electron chi connectivity index (χ1n) is 7.41. The maximum absolute atomic E-state index is 11.8. The highest BCUT2D eigenvalue weighted by Gasteiger charge is 2.05. The minimum atomic E-state index is -0.230. The van der Waals surface area contributed by atoms with Gasteiger partial charge < -0.3 is 5.32 Å². The molecule has 6 nitrogen and oxygen atoms in total. The van der Waals surface area contributed by atoms with Crippen molar-refractivity contribution in [1.82, 2.24) is 10.4 Å². The first kappa shape index (κ1) is 17.8. The summed E-state index contributed by atoms with van der Waals surface area (Å²) in [5.41, 5.74) is 3.95. The van der Waals surface area contributed by atoms with E-state index in [9.17, 15) is 9.59 Å². The van der Waals surface area contributed by atoms with Crippen LogP contribution in [-0.2, 0) is 9.59 Å². The van der Waals surface area contributed by atoms with Crippen LogP contribution in [0.25, 0.3) is 0 Å². The Morgan fingerprint density at radius 2 is 1.88 bits per heavy atom. The highest BCUT2D eigenvalue weighted by atomic mass is 79.9. The number of hydrazone groups is 1. The fourth-order valence-electron chi connectivity index (χ4n) is 1.85. The lowest BCUT2D eigenvalue weighted by Gasteiger charge is -2.05. The van der Waals surface area contributed by atoms with E-state index in [4.69, 9.17) is 0 Å². The van der Waals surface area contributed by atoms with Gasteiger partial charge in [0, 0.05) is 41.0 Å². The molecule has 7 heteroatoms. The van der Waals surface area contributed by atoms with Gasteiger partial charge in [0.05, 0.1) is 6.21 Å². The minimum Gasteiger partial charge on any atom is -0.326 e. The number of carbonyl (C=O) groups is 2. The van der Waals surface area contributed by atoms with Crippen LogP contribution in [0.3, 0.4) is 0 Å². The molecular weight excluding hydrogens is 372 g/mol. The molecule has 0 bridgehead atoms. The Kier molecular flexibility index (Phi) is 7.10. The van der Waals surface area contributed by atoms with E-state index in [-0.39, 0.29) is 24.7 Å². The average molecular weight is 389 g/mol. The van der Waals surface area contributed by atoms with E-state index < -0.39 is 0 Å². The number of nitrogens with one attached hydrogen (secondary N) is 2. The molecule has 0 aliphatic rings.